The van der Waals surface area contributed by atoms with Crippen LogP contribution in [0.25, 0.3) is 0 Å². The molecule has 0 aliphatic heterocycles. The van der Waals surface area contributed by atoms with Crippen LogP contribution in [0, 0.1) is 0 Å². The summed E-state index contributed by atoms with van der Waals surface area (Å²) >= 11 is 0. The van der Waals surface area contributed by atoms with Gasteiger partial charge in [-0.2, -0.15) is 0 Å². The first-order valence-electron chi connectivity index (χ1n) is 26.8. The highest BCUT2D eigenvalue weighted by atomic mass is 17.1. The number of unbranched alkanes of at least 4 members (excludes halogenated alkanes) is 18. The normalized spacial score (nSPS) is 13.9. The van der Waals surface area contributed by atoms with Crippen LogP contribution < -0.4 is 0 Å². The van der Waals surface area contributed by atoms with Gasteiger partial charge in [0.15, 0.2) is 30.2 Å². The van der Waals surface area contributed by atoms with Gasteiger partial charge in [0.05, 0.1) is 5.57 Å². The number of aliphatic hydroxyl groups excluding tert-OH is 1. The Kier molecular flexibility index (Phi) is 37.3. The Balaban J connectivity index is 3.53. The van der Waals surface area contributed by atoms with Crippen LogP contribution in [-0.4, -0.2) is 70.7 Å². The van der Waals surface area contributed by atoms with Crippen LogP contribution in [0.2, 0.25) is 0 Å². The molecular formula is C55H92O13. The third-order valence-electron chi connectivity index (χ3n) is 12.1. The Morgan fingerprint density at radius 2 is 0.794 bits per heavy atom. The van der Waals surface area contributed by atoms with Crippen molar-refractivity contribution in [2.75, 3.05) is 0 Å². The smallest absolute Gasteiger partial charge is 0.348 e. The minimum Gasteiger partial charge on any atom is -0.458 e. The molecule has 0 radical (unpaired) electrons. The lowest BCUT2D eigenvalue weighted by atomic mass is 10.00. The SMILES string of the molecule is CCCCCC/C(C(=O)OC(CCCCCC)C(=O)OC(CCCCCC)C(=O)OC(CCCCCC)C(=O)OC(CCCCCC)C(=O)OCc1ccccc1)=C(/OO)C(O)CCCCCC. The molecule has 2 N–H and O–H groups in total. The first kappa shape index (κ1) is 62.0. The topological polar surface area (TPSA) is 181 Å². The van der Waals surface area contributed by atoms with E-state index in [2.05, 4.69) is 41.5 Å². The quantitative estimate of drug-likeness (QED) is 0.0120. The average molecular weight is 961 g/mol. The number of hydrogen-bond acceptors (Lipinski definition) is 13. The molecule has 5 atom stereocenters. The summed E-state index contributed by atoms with van der Waals surface area (Å²) in [4.78, 5) is 74.8. The van der Waals surface area contributed by atoms with E-state index in [-0.39, 0.29) is 56.5 Å². The summed E-state index contributed by atoms with van der Waals surface area (Å²) in [5, 5.41) is 21.1. The standard InChI is InChI=1S/C55H92O13/c1-7-13-19-28-36-44(50(68-62)45(56)37-29-20-14-8-2)51(57)64-47(39-31-22-16-10-4)53(59)66-49(41-33-24-18-12-6)55(61)67-48(40-32-23-17-11-5)54(60)65-46(38-30-21-15-9-3)52(58)63-42-43-34-26-25-27-35-43/h25-27,34-35,45-49,56,62H,7-24,28-33,36-42H2,1-6H3/b50-44-. The zero-order valence-electron chi connectivity index (χ0n) is 43.1. The molecule has 0 saturated heterocycles. The van der Waals surface area contributed by atoms with Gasteiger partial charge in [0.25, 0.3) is 0 Å². The van der Waals surface area contributed by atoms with Crippen molar-refractivity contribution in [2.45, 2.75) is 271 Å². The first-order valence-corrected chi connectivity index (χ1v) is 26.8. The van der Waals surface area contributed by atoms with Gasteiger partial charge < -0.3 is 33.7 Å². The number of esters is 5. The highest BCUT2D eigenvalue weighted by molar-refractivity contribution is 5.92. The second kappa shape index (κ2) is 40.9. The number of carbonyl (C=O) groups excluding carboxylic acids is 5. The van der Waals surface area contributed by atoms with Crippen LogP contribution in [0.15, 0.2) is 41.7 Å². The Morgan fingerprint density at radius 1 is 0.441 bits per heavy atom. The number of benzene rings is 1. The second-order valence-electron chi connectivity index (χ2n) is 18.3. The summed E-state index contributed by atoms with van der Waals surface area (Å²) in [6, 6.07) is 9.21. The van der Waals surface area contributed by atoms with Gasteiger partial charge in [-0.1, -0.05) is 194 Å². The molecule has 0 heterocycles. The van der Waals surface area contributed by atoms with Crippen molar-refractivity contribution in [3.05, 3.63) is 47.2 Å². The van der Waals surface area contributed by atoms with Crippen LogP contribution in [0.4, 0.5) is 0 Å². The minimum atomic E-state index is -1.44. The monoisotopic (exact) mass is 961 g/mol. The van der Waals surface area contributed by atoms with E-state index < -0.39 is 60.4 Å². The molecule has 0 saturated carbocycles. The third-order valence-corrected chi connectivity index (χ3v) is 12.1. The molecule has 1 aromatic rings. The zero-order valence-corrected chi connectivity index (χ0v) is 43.1. The molecule has 0 fully saturated rings. The highest BCUT2D eigenvalue weighted by Crippen LogP contribution is 2.25. The number of ether oxygens (including phenoxy) is 5. The van der Waals surface area contributed by atoms with E-state index in [1.165, 1.54) is 0 Å². The van der Waals surface area contributed by atoms with Gasteiger partial charge in [0.2, 0.25) is 0 Å². The van der Waals surface area contributed by atoms with Crippen molar-refractivity contribution in [1.82, 2.24) is 0 Å². The molecule has 0 aliphatic rings. The van der Waals surface area contributed by atoms with Crippen molar-refractivity contribution in [1.29, 1.82) is 0 Å². The molecule has 390 valence electrons. The summed E-state index contributed by atoms with van der Waals surface area (Å²) < 4.78 is 29.3. The predicted molar refractivity (Wildman–Crippen MR) is 265 cm³/mol. The van der Waals surface area contributed by atoms with E-state index >= 15 is 0 Å². The van der Waals surface area contributed by atoms with E-state index in [4.69, 9.17) is 28.6 Å². The van der Waals surface area contributed by atoms with Gasteiger partial charge >= 0.3 is 29.8 Å². The van der Waals surface area contributed by atoms with Crippen molar-refractivity contribution >= 4 is 29.8 Å². The molecular weight excluding hydrogens is 869 g/mol. The molecule has 1 aromatic carbocycles. The number of carbonyl (C=O) groups is 5. The van der Waals surface area contributed by atoms with Gasteiger partial charge in [0, 0.05) is 0 Å². The van der Waals surface area contributed by atoms with Crippen molar-refractivity contribution in [3.8, 4) is 0 Å². The van der Waals surface area contributed by atoms with Crippen LogP contribution in [0.3, 0.4) is 0 Å². The molecule has 0 bridgehead atoms. The maximum atomic E-state index is 14.2. The van der Waals surface area contributed by atoms with Crippen molar-refractivity contribution < 1.29 is 62.9 Å². The lowest BCUT2D eigenvalue weighted by molar-refractivity contribution is -0.218. The Morgan fingerprint density at radius 3 is 1.18 bits per heavy atom. The fourth-order valence-electron chi connectivity index (χ4n) is 7.86. The summed E-state index contributed by atoms with van der Waals surface area (Å²) in [5.74, 6) is -4.65. The maximum Gasteiger partial charge on any atom is 0.348 e. The molecule has 0 aliphatic carbocycles. The highest BCUT2D eigenvalue weighted by Gasteiger charge is 2.37. The number of hydrogen-bond donors (Lipinski definition) is 2. The van der Waals surface area contributed by atoms with E-state index in [9.17, 15) is 34.3 Å². The largest absolute Gasteiger partial charge is 0.458 e. The predicted octanol–water partition coefficient (Wildman–Crippen LogP) is 13.3. The van der Waals surface area contributed by atoms with Crippen LogP contribution in [-0.2, 0) is 59.2 Å². The number of rotatable bonds is 43. The van der Waals surface area contributed by atoms with Gasteiger partial charge in [-0.25, -0.2) is 29.2 Å². The van der Waals surface area contributed by atoms with E-state index in [0.29, 0.717) is 38.5 Å². The van der Waals surface area contributed by atoms with Crippen molar-refractivity contribution in [2.24, 2.45) is 0 Å². The lowest BCUT2D eigenvalue weighted by Gasteiger charge is -2.25. The summed E-state index contributed by atoms with van der Waals surface area (Å²) in [7, 11) is 0. The van der Waals surface area contributed by atoms with Crippen LogP contribution in [0.5, 0.6) is 0 Å². The molecule has 68 heavy (non-hydrogen) atoms. The Labute approximate surface area is 410 Å². The lowest BCUT2D eigenvalue weighted by Crippen LogP contribution is -2.41. The molecule has 5 unspecified atom stereocenters. The summed E-state index contributed by atoms with van der Waals surface area (Å²) in [6.45, 7) is 12.4. The van der Waals surface area contributed by atoms with Gasteiger partial charge in [-0.3, -0.25) is 0 Å². The molecule has 0 spiro atoms. The molecule has 13 nitrogen and oxygen atoms in total. The second-order valence-corrected chi connectivity index (χ2v) is 18.3. The Hall–Kier alpha value is -3.97. The minimum absolute atomic E-state index is 0.00607. The Bertz CT molecular complexity index is 1510. The summed E-state index contributed by atoms with van der Waals surface area (Å²) in [5.41, 5.74) is 0.734. The third kappa shape index (κ3) is 27.9. The summed E-state index contributed by atoms with van der Waals surface area (Å²) in [6.07, 6.45) is 13.6. The van der Waals surface area contributed by atoms with E-state index in [0.717, 1.165) is 121 Å². The fourth-order valence-corrected chi connectivity index (χ4v) is 7.86. The fraction of sp³-hybridized carbons (Fsp3) is 0.764. The average Bonchev–Trinajstić information content (AvgIpc) is 3.34. The number of aliphatic hydroxyl groups is 1. The molecule has 13 heteroatoms. The van der Waals surface area contributed by atoms with Crippen LogP contribution in [0.1, 0.15) is 240 Å². The van der Waals surface area contributed by atoms with E-state index in [1.54, 1.807) is 0 Å². The molecule has 0 aromatic heterocycles. The molecule has 0 amide bonds. The molecule has 1 rings (SSSR count). The van der Waals surface area contributed by atoms with Gasteiger partial charge in [-0.05, 0) is 76.2 Å². The van der Waals surface area contributed by atoms with Crippen molar-refractivity contribution in [3.63, 3.8) is 0 Å². The van der Waals surface area contributed by atoms with Crippen LogP contribution >= 0.6 is 0 Å². The van der Waals surface area contributed by atoms with E-state index in [1.807, 2.05) is 30.3 Å². The first-order chi connectivity index (χ1) is 33.0. The maximum absolute atomic E-state index is 14.2. The van der Waals surface area contributed by atoms with Gasteiger partial charge in [-0.15, -0.1) is 0 Å². The van der Waals surface area contributed by atoms with Gasteiger partial charge in [0.1, 0.15) is 12.7 Å². The zero-order chi connectivity index (χ0) is 50.2.